The topological polar surface area (TPSA) is 49.9 Å². The lowest BCUT2D eigenvalue weighted by molar-refractivity contribution is -0.135. The number of carbonyl (C=O) groups excluding carboxylic acids is 2. The highest BCUT2D eigenvalue weighted by Gasteiger charge is 2.50. The predicted molar refractivity (Wildman–Crippen MR) is 87.3 cm³/mol. The standard InChI is InChI=1S/C18H24N2O3/c1-11-7-12(2)9-13(8-11)17(21)20-10-14(18(22)19(3)4)16-15(20)5-6-23-16/h7-9,14-16H,5-6,10H2,1-4H3/t14-,15-,16-/m0/s1. The summed E-state index contributed by atoms with van der Waals surface area (Å²) in [5.74, 6) is -0.212. The first-order valence-corrected chi connectivity index (χ1v) is 8.10. The number of nitrogens with zero attached hydrogens (tertiary/aromatic N) is 2. The zero-order valence-corrected chi connectivity index (χ0v) is 14.2. The summed E-state index contributed by atoms with van der Waals surface area (Å²) < 4.78 is 5.78. The Bertz CT molecular complexity index is 621. The lowest BCUT2D eigenvalue weighted by atomic mass is 10.0. The van der Waals surface area contributed by atoms with Crippen LogP contribution in [0.5, 0.6) is 0 Å². The predicted octanol–water partition coefficient (Wildman–Crippen LogP) is 1.62. The number of rotatable bonds is 2. The Morgan fingerprint density at radius 2 is 1.83 bits per heavy atom. The molecule has 23 heavy (non-hydrogen) atoms. The molecule has 124 valence electrons. The fourth-order valence-corrected chi connectivity index (χ4v) is 3.82. The molecule has 2 aliphatic heterocycles. The van der Waals surface area contributed by atoms with Crippen molar-refractivity contribution >= 4 is 11.8 Å². The molecule has 0 radical (unpaired) electrons. The van der Waals surface area contributed by atoms with E-state index in [1.807, 2.05) is 30.9 Å². The van der Waals surface area contributed by atoms with Crippen LogP contribution in [0.25, 0.3) is 0 Å². The zero-order valence-electron chi connectivity index (χ0n) is 14.2. The van der Waals surface area contributed by atoms with E-state index in [4.69, 9.17) is 4.74 Å². The first-order chi connectivity index (χ1) is 10.9. The minimum atomic E-state index is -0.257. The molecule has 0 spiro atoms. The van der Waals surface area contributed by atoms with Crippen molar-refractivity contribution in [1.82, 2.24) is 9.80 Å². The third kappa shape index (κ3) is 2.85. The summed E-state index contributed by atoms with van der Waals surface area (Å²) in [6.45, 7) is 5.04. The van der Waals surface area contributed by atoms with Gasteiger partial charge in [-0.2, -0.15) is 0 Å². The SMILES string of the molecule is Cc1cc(C)cc(C(=O)N2C[C@H](C(=O)N(C)C)[C@@H]3OCC[C@@H]32)c1. The summed E-state index contributed by atoms with van der Waals surface area (Å²) in [5, 5.41) is 0. The average Bonchev–Trinajstić information content (AvgIpc) is 3.06. The second kappa shape index (κ2) is 5.96. The highest BCUT2D eigenvalue weighted by molar-refractivity contribution is 5.96. The highest BCUT2D eigenvalue weighted by atomic mass is 16.5. The summed E-state index contributed by atoms with van der Waals surface area (Å²) >= 11 is 0. The first-order valence-electron chi connectivity index (χ1n) is 8.10. The van der Waals surface area contributed by atoms with E-state index >= 15 is 0 Å². The summed E-state index contributed by atoms with van der Waals surface area (Å²) in [6, 6.07) is 5.90. The first kappa shape index (κ1) is 16.0. The highest BCUT2D eigenvalue weighted by Crippen LogP contribution is 2.35. The quantitative estimate of drug-likeness (QED) is 0.833. The van der Waals surface area contributed by atoms with Gasteiger partial charge in [0.25, 0.3) is 5.91 Å². The molecular weight excluding hydrogens is 292 g/mol. The number of aryl methyl sites for hydroxylation is 2. The Morgan fingerprint density at radius 1 is 1.17 bits per heavy atom. The van der Waals surface area contributed by atoms with Crippen LogP contribution in [0.4, 0.5) is 0 Å². The van der Waals surface area contributed by atoms with Crippen LogP contribution in [0.3, 0.4) is 0 Å². The van der Waals surface area contributed by atoms with E-state index in [2.05, 4.69) is 6.07 Å². The molecule has 0 unspecified atom stereocenters. The fraction of sp³-hybridized carbons (Fsp3) is 0.556. The van der Waals surface area contributed by atoms with Crippen LogP contribution in [-0.4, -0.2) is 61.0 Å². The van der Waals surface area contributed by atoms with Crippen LogP contribution >= 0.6 is 0 Å². The van der Waals surface area contributed by atoms with Gasteiger partial charge in [-0.25, -0.2) is 0 Å². The summed E-state index contributed by atoms with van der Waals surface area (Å²) in [6.07, 6.45) is 0.637. The molecule has 5 heteroatoms. The van der Waals surface area contributed by atoms with Crippen molar-refractivity contribution in [1.29, 1.82) is 0 Å². The molecule has 0 bridgehead atoms. The molecule has 2 fully saturated rings. The fourth-order valence-electron chi connectivity index (χ4n) is 3.82. The molecule has 2 amide bonds. The molecule has 2 saturated heterocycles. The van der Waals surface area contributed by atoms with Crippen molar-refractivity contribution in [2.45, 2.75) is 32.4 Å². The van der Waals surface area contributed by atoms with Gasteiger partial charge in [0.2, 0.25) is 5.91 Å². The summed E-state index contributed by atoms with van der Waals surface area (Å²) in [5.41, 5.74) is 2.85. The van der Waals surface area contributed by atoms with E-state index in [-0.39, 0.29) is 29.9 Å². The monoisotopic (exact) mass is 316 g/mol. The van der Waals surface area contributed by atoms with Crippen molar-refractivity contribution in [3.05, 3.63) is 34.9 Å². The molecule has 0 N–H and O–H groups in total. The number of hydrogen-bond acceptors (Lipinski definition) is 3. The normalized spacial score (nSPS) is 26.3. The Kier molecular flexibility index (Phi) is 4.15. The van der Waals surface area contributed by atoms with E-state index in [1.165, 1.54) is 0 Å². The molecule has 0 saturated carbocycles. The van der Waals surface area contributed by atoms with E-state index in [0.29, 0.717) is 18.7 Å². The maximum atomic E-state index is 13.0. The number of carbonyl (C=O) groups is 2. The Balaban J connectivity index is 1.87. The van der Waals surface area contributed by atoms with Gasteiger partial charge in [-0.3, -0.25) is 9.59 Å². The smallest absolute Gasteiger partial charge is 0.254 e. The minimum absolute atomic E-state index is 0.00589. The number of hydrogen-bond donors (Lipinski definition) is 0. The van der Waals surface area contributed by atoms with E-state index in [9.17, 15) is 9.59 Å². The Labute approximate surface area is 137 Å². The number of ether oxygens (including phenoxy) is 1. The van der Waals surface area contributed by atoms with Crippen molar-refractivity contribution in [3.8, 4) is 0 Å². The maximum absolute atomic E-state index is 13.0. The molecule has 3 rings (SSSR count). The molecule has 1 aromatic carbocycles. The molecule has 5 nitrogen and oxygen atoms in total. The largest absolute Gasteiger partial charge is 0.375 e. The van der Waals surface area contributed by atoms with Gasteiger partial charge in [-0.05, 0) is 32.4 Å². The maximum Gasteiger partial charge on any atom is 0.254 e. The average molecular weight is 316 g/mol. The van der Waals surface area contributed by atoms with Gasteiger partial charge in [-0.1, -0.05) is 17.2 Å². The van der Waals surface area contributed by atoms with Crippen molar-refractivity contribution in [2.24, 2.45) is 5.92 Å². The van der Waals surface area contributed by atoms with Crippen LogP contribution in [0.15, 0.2) is 18.2 Å². The third-order valence-electron chi connectivity index (χ3n) is 4.78. The van der Waals surface area contributed by atoms with E-state index in [1.54, 1.807) is 19.0 Å². The molecule has 2 heterocycles. The molecule has 1 aromatic rings. The van der Waals surface area contributed by atoms with Crippen molar-refractivity contribution < 1.29 is 14.3 Å². The van der Waals surface area contributed by atoms with Gasteiger partial charge >= 0.3 is 0 Å². The number of fused-ring (bicyclic) bond motifs is 1. The molecule has 2 aliphatic rings. The minimum Gasteiger partial charge on any atom is -0.375 e. The molecule has 0 aromatic heterocycles. The number of likely N-dealkylation sites (tertiary alicyclic amines) is 1. The third-order valence-corrected chi connectivity index (χ3v) is 4.78. The lowest BCUT2D eigenvalue weighted by Crippen LogP contribution is -2.37. The number of amides is 2. The summed E-state index contributed by atoms with van der Waals surface area (Å²) in [7, 11) is 3.50. The summed E-state index contributed by atoms with van der Waals surface area (Å²) in [4.78, 5) is 28.8. The van der Waals surface area contributed by atoms with E-state index in [0.717, 1.165) is 17.5 Å². The van der Waals surface area contributed by atoms with Gasteiger partial charge in [-0.15, -0.1) is 0 Å². The van der Waals surface area contributed by atoms with Gasteiger partial charge in [0.05, 0.1) is 18.1 Å². The Hall–Kier alpha value is -1.88. The second-order valence-corrected chi connectivity index (χ2v) is 6.86. The molecule has 3 atom stereocenters. The lowest BCUT2D eigenvalue weighted by Gasteiger charge is -2.23. The van der Waals surface area contributed by atoms with Crippen molar-refractivity contribution in [3.63, 3.8) is 0 Å². The Morgan fingerprint density at radius 3 is 2.43 bits per heavy atom. The molecule has 0 aliphatic carbocycles. The van der Waals surface area contributed by atoms with Crippen LogP contribution in [0.2, 0.25) is 0 Å². The number of benzene rings is 1. The van der Waals surface area contributed by atoms with Gasteiger partial charge in [0, 0.05) is 32.8 Å². The van der Waals surface area contributed by atoms with Crippen LogP contribution < -0.4 is 0 Å². The van der Waals surface area contributed by atoms with Crippen LogP contribution in [-0.2, 0) is 9.53 Å². The van der Waals surface area contributed by atoms with Crippen LogP contribution in [0.1, 0.15) is 27.9 Å². The second-order valence-electron chi connectivity index (χ2n) is 6.86. The van der Waals surface area contributed by atoms with Crippen LogP contribution in [0, 0.1) is 19.8 Å². The van der Waals surface area contributed by atoms with E-state index < -0.39 is 0 Å². The van der Waals surface area contributed by atoms with Crippen molar-refractivity contribution in [2.75, 3.05) is 27.2 Å². The molecular formula is C18H24N2O3. The van der Waals surface area contributed by atoms with Gasteiger partial charge < -0.3 is 14.5 Å². The van der Waals surface area contributed by atoms with Gasteiger partial charge in [0.1, 0.15) is 0 Å². The zero-order chi connectivity index (χ0) is 16.7. The van der Waals surface area contributed by atoms with Gasteiger partial charge in [0.15, 0.2) is 0 Å².